The topological polar surface area (TPSA) is 82.9 Å². The number of nitrogens with zero attached hydrogens (tertiary/aromatic N) is 2. The van der Waals surface area contributed by atoms with Crippen molar-refractivity contribution >= 4 is 35.3 Å². The molecule has 6 nitrogen and oxygen atoms in total. The van der Waals surface area contributed by atoms with E-state index < -0.39 is 0 Å². The molecule has 0 spiro atoms. The van der Waals surface area contributed by atoms with Gasteiger partial charge in [0.1, 0.15) is 12.6 Å². The number of carbonyl (C=O) groups excluding carboxylic acids is 2. The molecule has 36 heavy (non-hydrogen) atoms. The van der Waals surface area contributed by atoms with Crippen LogP contribution in [-0.4, -0.2) is 26.7 Å². The van der Waals surface area contributed by atoms with E-state index in [0.29, 0.717) is 22.5 Å². The van der Waals surface area contributed by atoms with Crippen LogP contribution in [0.5, 0.6) is 0 Å². The first-order valence-electron chi connectivity index (χ1n) is 11.5. The summed E-state index contributed by atoms with van der Waals surface area (Å²) in [6.45, 7) is 4.17. The van der Waals surface area contributed by atoms with Gasteiger partial charge in [0.05, 0.1) is 11.4 Å². The van der Waals surface area contributed by atoms with Gasteiger partial charge in [0.2, 0.25) is 0 Å². The molecule has 4 rings (SSSR count). The SMILES string of the molecule is CNc1ccc(C)cc1.CNc1ccc(C)cc1.O=Cc1ccc(N=Nc2ccc(C=O)cc2)cc1. The fourth-order valence-electron chi connectivity index (χ4n) is 2.80. The van der Waals surface area contributed by atoms with Gasteiger partial charge < -0.3 is 10.6 Å². The highest BCUT2D eigenvalue weighted by Gasteiger charge is 1.93. The van der Waals surface area contributed by atoms with Gasteiger partial charge in [-0.2, -0.15) is 10.2 Å². The van der Waals surface area contributed by atoms with Gasteiger partial charge in [0.25, 0.3) is 0 Å². The van der Waals surface area contributed by atoms with Crippen molar-refractivity contribution in [1.29, 1.82) is 0 Å². The Kier molecular flexibility index (Phi) is 11.8. The van der Waals surface area contributed by atoms with E-state index in [2.05, 4.69) is 83.2 Å². The van der Waals surface area contributed by atoms with E-state index in [1.807, 2.05) is 14.1 Å². The highest BCUT2D eigenvalue weighted by Crippen LogP contribution is 2.18. The molecule has 0 fully saturated rings. The molecule has 0 saturated heterocycles. The van der Waals surface area contributed by atoms with Crippen LogP contribution in [0, 0.1) is 13.8 Å². The number of aryl methyl sites for hydroxylation is 2. The molecule has 4 aromatic rings. The van der Waals surface area contributed by atoms with Crippen LogP contribution in [0.4, 0.5) is 22.7 Å². The lowest BCUT2D eigenvalue weighted by Gasteiger charge is -1.97. The molecule has 0 unspecified atom stereocenters. The molecule has 0 aliphatic carbocycles. The Labute approximate surface area is 213 Å². The van der Waals surface area contributed by atoms with Gasteiger partial charge in [-0.25, -0.2) is 0 Å². The molecule has 0 aliphatic rings. The zero-order valence-electron chi connectivity index (χ0n) is 21.1. The van der Waals surface area contributed by atoms with Crippen molar-refractivity contribution in [2.24, 2.45) is 10.2 Å². The number of anilines is 2. The molecule has 0 saturated carbocycles. The normalized spacial score (nSPS) is 9.78. The molecule has 0 bridgehead atoms. The fraction of sp³-hybridized carbons (Fsp3) is 0.133. The fourth-order valence-corrected chi connectivity index (χ4v) is 2.80. The van der Waals surface area contributed by atoms with Gasteiger partial charge in [-0.1, -0.05) is 35.4 Å². The largest absolute Gasteiger partial charge is 0.388 e. The van der Waals surface area contributed by atoms with Crippen LogP contribution in [0.2, 0.25) is 0 Å². The monoisotopic (exact) mass is 480 g/mol. The van der Waals surface area contributed by atoms with Crippen molar-refractivity contribution in [3.63, 3.8) is 0 Å². The van der Waals surface area contributed by atoms with Crippen LogP contribution >= 0.6 is 0 Å². The summed E-state index contributed by atoms with van der Waals surface area (Å²) in [5.74, 6) is 0. The quantitative estimate of drug-likeness (QED) is 0.218. The second-order valence-corrected chi connectivity index (χ2v) is 7.85. The molecule has 0 heterocycles. The maximum Gasteiger partial charge on any atom is 0.150 e. The summed E-state index contributed by atoms with van der Waals surface area (Å²) >= 11 is 0. The second-order valence-electron chi connectivity index (χ2n) is 7.85. The lowest BCUT2D eigenvalue weighted by Crippen LogP contribution is -1.85. The van der Waals surface area contributed by atoms with Crippen LogP contribution in [0.1, 0.15) is 31.8 Å². The molecule has 0 atom stereocenters. The van der Waals surface area contributed by atoms with Crippen LogP contribution < -0.4 is 10.6 Å². The molecule has 2 N–H and O–H groups in total. The Morgan fingerprint density at radius 2 is 0.806 bits per heavy atom. The van der Waals surface area contributed by atoms with E-state index in [-0.39, 0.29) is 0 Å². The molecule has 184 valence electrons. The van der Waals surface area contributed by atoms with Crippen molar-refractivity contribution in [1.82, 2.24) is 0 Å². The minimum Gasteiger partial charge on any atom is -0.388 e. The standard InChI is InChI=1S/C14H10N2O2.2C8H11N/c17-9-11-1-5-13(6-2-11)15-16-14-7-3-12(10-18)4-8-14;2*1-7-3-5-8(9-2)6-4-7/h1-10H;2*3-6,9H,1-2H3. The minimum atomic E-state index is 0.601. The Hall–Kier alpha value is -4.58. The molecular formula is C30H32N4O2. The van der Waals surface area contributed by atoms with Crippen molar-refractivity contribution < 1.29 is 9.59 Å². The maximum atomic E-state index is 10.5. The summed E-state index contributed by atoms with van der Waals surface area (Å²) in [5, 5.41) is 14.2. The Morgan fingerprint density at radius 3 is 1.06 bits per heavy atom. The van der Waals surface area contributed by atoms with Gasteiger partial charge in [-0.15, -0.1) is 0 Å². The molecule has 0 radical (unpaired) electrons. The Morgan fingerprint density at radius 1 is 0.500 bits per heavy atom. The lowest BCUT2D eigenvalue weighted by molar-refractivity contribution is 0.111. The summed E-state index contributed by atoms with van der Waals surface area (Å²) in [7, 11) is 3.84. The second kappa shape index (κ2) is 15.3. The van der Waals surface area contributed by atoms with E-state index >= 15 is 0 Å². The third-order valence-corrected chi connectivity index (χ3v) is 5.02. The molecule has 0 aromatic heterocycles. The van der Waals surface area contributed by atoms with Crippen molar-refractivity contribution in [3.05, 3.63) is 119 Å². The van der Waals surface area contributed by atoms with Crippen LogP contribution in [0.25, 0.3) is 0 Å². The Bertz CT molecular complexity index is 1120. The number of rotatable bonds is 6. The minimum absolute atomic E-state index is 0.601. The average Bonchev–Trinajstić information content (AvgIpc) is 2.94. The zero-order valence-corrected chi connectivity index (χ0v) is 21.1. The van der Waals surface area contributed by atoms with Crippen LogP contribution in [0.3, 0.4) is 0 Å². The smallest absolute Gasteiger partial charge is 0.150 e. The first-order valence-corrected chi connectivity index (χ1v) is 11.5. The third-order valence-electron chi connectivity index (χ3n) is 5.02. The molecule has 0 amide bonds. The number of hydrogen-bond acceptors (Lipinski definition) is 6. The summed E-state index contributed by atoms with van der Waals surface area (Å²) in [4.78, 5) is 20.9. The van der Waals surface area contributed by atoms with E-state index in [0.717, 1.165) is 12.6 Å². The van der Waals surface area contributed by atoms with Crippen molar-refractivity contribution in [2.45, 2.75) is 13.8 Å². The average molecular weight is 481 g/mol. The third kappa shape index (κ3) is 10.1. The van der Waals surface area contributed by atoms with E-state index in [9.17, 15) is 9.59 Å². The summed E-state index contributed by atoms with van der Waals surface area (Å²) in [5.41, 5.74) is 7.47. The summed E-state index contributed by atoms with van der Waals surface area (Å²) in [6.07, 6.45) is 1.55. The number of carbonyl (C=O) groups is 2. The van der Waals surface area contributed by atoms with Gasteiger partial charge in [-0.3, -0.25) is 9.59 Å². The van der Waals surface area contributed by atoms with Crippen molar-refractivity contribution in [2.75, 3.05) is 24.7 Å². The summed E-state index contributed by atoms with van der Waals surface area (Å²) < 4.78 is 0. The predicted octanol–water partition coefficient (Wildman–Crippen LogP) is 7.80. The number of hydrogen-bond donors (Lipinski definition) is 2. The van der Waals surface area contributed by atoms with Gasteiger partial charge in [-0.05, 0) is 86.6 Å². The van der Waals surface area contributed by atoms with Gasteiger partial charge in [0, 0.05) is 36.6 Å². The molecular weight excluding hydrogens is 448 g/mol. The molecule has 0 aliphatic heterocycles. The van der Waals surface area contributed by atoms with Crippen LogP contribution in [-0.2, 0) is 0 Å². The highest BCUT2D eigenvalue weighted by molar-refractivity contribution is 5.76. The highest BCUT2D eigenvalue weighted by atomic mass is 16.1. The van der Waals surface area contributed by atoms with Crippen LogP contribution in [0.15, 0.2) is 107 Å². The van der Waals surface area contributed by atoms with Crippen molar-refractivity contribution in [3.8, 4) is 0 Å². The Balaban J connectivity index is 0.000000212. The van der Waals surface area contributed by atoms with E-state index in [1.165, 1.54) is 22.5 Å². The van der Waals surface area contributed by atoms with E-state index in [4.69, 9.17) is 0 Å². The predicted molar refractivity (Wildman–Crippen MR) is 149 cm³/mol. The lowest BCUT2D eigenvalue weighted by atomic mass is 10.2. The summed E-state index contributed by atoms with van der Waals surface area (Å²) in [6, 6.07) is 30.2. The first kappa shape index (κ1) is 27.7. The number of benzene rings is 4. The molecule has 4 aromatic carbocycles. The number of azo groups is 1. The number of nitrogens with one attached hydrogen (secondary N) is 2. The maximum absolute atomic E-state index is 10.5. The number of aldehydes is 2. The zero-order chi connectivity index (χ0) is 26.2. The molecule has 6 heteroatoms. The van der Waals surface area contributed by atoms with Gasteiger partial charge >= 0.3 is 0 Å². The van der Waals surface area contributed by atoms with Gasteiger partial charge in [0.15, 0.2) is 0 Å². The van der Waals surface area contributed by atoms with E-state index in [1.54, 1.807) is 48.5 Å². The first-order chi connectivity index (χ1) is 17.5.